The number of aryl methyl sites for hydroxylation is 1. The minimum atomic E-state index is -0.329. The molecule has 204 valence electrons. The summed E-state index contributed by atoms with van der Waals surface area (Å²) in [5.74, 6) is -0.0187. The SMILES string of the molecule is C[C@H](CO)N1C[C@H](C)[C@@H](CN(C)Cc2ccccc2)OCc2ccccc2-c2c(n(C)c3ccccc23)C1=O. The molecule has 1 aliphatic rings. The Balaban J connectivity index is 1.58. The maximum Gasteiger partial charge on any atom is 0.271 e. The summed E-state index contributed by atoms with van der Waals surface area (Å²) in [6.07, 6.45) is -0.106. The summed E-state index contributed by atoms with van der Waals surface area (Å²) in [4.78, 5) is 18.5. The van der Waals surface area contributed by atoms with Crippen LogP contribution in [0.25, 0.3) is 22.0 Å². The summed E-state index contributed by atoms with van der Waals surface area (Å²) in [5, 5.41) is 11.2. The number of hydrogen-bond donors (Lipinski definition) is 1. The number of amides is 1. The zero-order chi connectivity index (χ0) is 27.5. The molecule has 6 nitrogen and oxygen atoms in total. The first kappa shape index (κ1) is 27.1. The second-order valence-corrected chi connectivity index (χ2v) is 11.0. The average molecular weight is 526 g/mol. The third-order valence-corrected chi connectivity index (χ3v) is 8.01. The minimum absolute atomic E-state index is 0.0459. The molecule has 3 atom stereocenters. The first-order valence-electron chi connectivity index (χ1n) is 13.8. The highest BCUT2D eigenvalue weighted by Crippen LogP contribution is 2.38. The number of hydrogen-bond acceptors (Lipinski definition) is 4. The molecule has 0 fully saturated rings. The lowest BCUT2D eigenvalue weighted by Crippen LogP contribution is -2.47. The van der Waals surface area contributed by atoms with E-state index in [2.05, 4.69) is 67.4 Å². The number of aromatic nitrogens is 1. The number of aliphatic hydroxyl groups excluding tert-OH is 1. The van der Waals surface area contributed by atoms with Crippen molar-refractivity contribution < 1.29 is 14.6 Å². The van der Waals surface area contributed by atoms with E-state index in [4.69, 9.17) is 4.74 Å². The fourth-order valence-corrected chi connectivity index (χ4v) is 5.79. The van der Waals surface area contributed by atoms with Gasteiger partial charge in [-0.1, -0.05) is 79.7 Å². The van der Waals surface area contributed by atoms with Crippen LogP contribution < -0.4 is 0 Å². The summed E-state index contributed by atoms with van der Waals surface area (Å²) >= 11 is 0. The van der Waals surface area contributed by atoms with Crippen molar-refractivity contribution in [3.8, 4) is 11.1 Å². The van der Waals surface area contributed by atoms with Gasteiger partial charge < -0.3 is 19.3 Å². The highest BCUT2D eigenvalue weighted by atomic mass is 16.5. The van der Waals surface area contributed by atoms with Gasteiger partial charge >= 0.3 is 0 Å². The van der Waals surface area contributed by atoms with Gasteiger partial charge in [-0.15, -0.1) is 0 Å². The molecule has 0 radical (unpaired) electrons. The number of para-hydroxylation sites is 1. The summed E-state index contributed by atoms with van der Waals surface area (Å²) < 4.78 is 8.71. The maximum atomic E-state index is 14.4. The highest BCUT2D eigenvalue weighted by Gasteiger charge is 2.33. The summed E-state index contributed by atoms with van der Waals surface area (Å²) in [7, 11) is 4.08. The molecule has 0 saturated heterocycles. The Bertz CT molecular complexity index is 1430. The van der Waals surface area contributed by atoms with Crippen molar-refractivity contribution >= 4 is 16.8 Å². The zero-order valence-electron chi connectivity index (χ0n) is 23.4. The van der Waals surface area contributed by atoms with Crippen molar-refractivity contribution in [2.24, 2.45) is 13.0 Å². The molecule has 3 aromatic carbocycles. The predicted molar refractivity (Wildman–Crippen MR) is 156 cm³/mol. The van der Waals surface area contributed by atoms with E-state index in [0.29, 0.717) is 18.8 Å². The fraction of sp³-hybridized carbons (Fsp3) is 0.364. The molecule has 1 aliphatic heterocycles. The Morgan fingerprint density at radius 3 is 2.49 bits per heavy atom. The highest BCUT2D eigenvalue weighted by molar-refractivity contribution is 6.10. The largest absolute Gasteiger partial charge is 0.394 e. The molecule has 0 unspecified atom stereocenters. The molecule has 5 rings (SSSR count). The van der Waals surface area contributed by atoms with Crippen molar-refractivity contribution in [3.63, 3.8) is 0 Å². The quantitative estimate of drug-likeness (QED) is 0.370. The van der Waals surface area contributed by atoms with Crippen LogP contribution in [-0.4, -0.2) is 64.3 Å². The van der Waals surface area contributed by atoms with Crippen LogP contribution >= 0.6 is 0 Å². The number of likely N-dealkylation sites (N-methyl/N-ethyl adjacent to an activating group) is 1. The number of rotatable bonds is 6. The molecule has 6 heteroatoms. The van der Waals surface area contributed by atoms with Crippen LogP contribution in [0.5, 0.6) is 0 Å². The predicted octanol–water partition coefficient (Wildman–Crippen LogP) is 5.34. The molecule has 0 bridgehead atoms. The van der Waals surface area contributed by atoms with Gasteiger partial charge in [-0.25, -0.2) is 0 Å². The normalized spacial score (nSPS) is 19.0. The van der Waals surface area contributed by atoms with Crippen LogP contribution in [0.1, 0.15) is 35.5 Å². The van der Waals surface area contributed by atoms with Gasteiger partial charge in [-0.3, -0.25) is 9.69 Å². The molecule has 0 saturated carbocycles. The van der Waals surface area contributed by atoms with Gasteiger partial charge in [0.15, 0.2) is 0 Å². The second-order valence-electron chi connectivity index (χ2n) is 11.0. The van der Waals surface area contributed by atoms with Crippen molar-refractivity contribution in [3.05, 3.63) is 95.7 Å². The van der Waals surface area contributed by atoms with Crippen molar-refractivity contribution in [2.75, 3.05) is 26.7 Å². The van der Waals surface area contributed by atoms with E-state index in [0.717, 1.165) is 40.7 Å². The van der Waals surface area contributed by atoms with Crippen molar-refractivity contribution in [2.45, 2.75) is 39.1 Å². The van der Waals surface area contributed by atoms with E-state index in [1.165, 1.54) is 5.56 Å². The molecular formula is C33H39N3O3. The Morgan fingerprint density at radius 1 is 1.03 bits per heavy atom. The second kappa shape index (κ2) is 11.7. The van der Waals surface area contributed by atoms with Crippen LogP contribution in [0.15, 0.2) is 78.9 Å². The van der Waals surface area contributed by atoms with Gasteiger partial charge in [0.05, 0.1) is 25.4 Å². The molecule has 4 aromatic rings. The first-order chi connectivity index (χ1) is 18.9. The Labute approximate surface area is 231 Å². The third kappa shape index (κ3) is 5.50. The van der Waals surface area contributed by atoms with E-state index in [-0.39, 0.29) is 30.6 Å². The molecule has 0 aliphatic carbocycles. The van der Waals surface area contributed by atoms with Crippen molar-refractivity contribution in [1.82, 2.24) is 14.4 Å². The first-order valence-corrected chi connectivity index (χ1v) is 13.8. The number of fused-ring (bicyclic) bond motifs is 5. The Hall–Kier alpha value is -3.45. The van der Waals surface area contributed by atoms with E-state index >= 15 is 0 Å². The molecule has 1 amide bonds. The third-order valence-electron chi connectivity index (χ3n) is 8.01. The van der Waals surface area contributed by atoms with E-state index in [9.17, 15) is 9.90 Å². The molecule has 39 heavy (non-hydrogen) atoms. The molecule has 1 aromatic heterocycles. The van der Waals surface area contributed by atoms with Crippen molar-refractivity contribution in [1.29, 1.82) is 0 Å². The standard InChI is InChI=1S/C33H39N3O3/c1-23-18-36(24(2)21-37)33(38)32-31(28-16-10-11-17-29(28)35(32)4)27-15-9-8-14-26(27)22-39-30(23)20-34(3)19-25-12-6-5-7-13-25/h5-17,23-24,30,37H,18-22H2,1-4H3/t23-,24+,30+/m0/s1. The van der Waals surface area contributed by atoms with Gasteiger partial charge in [0.25, 0.3) is 5.91 Å². The minimum Gasteiger partial charge on any atom is -0.394 e. The molecule has 1 N–H and O–H groups in total. The fourth-order valence-electron chi connectivity index (χ4n) is 5.79. The Morgan fingerprint density at radius 2 is 1.72 bits per heavy atom. The van der Waals surface area contributed by atoms with Crippen LogP contribution in [0.3, 0.4) is 0 Å². The molecule has 2 heterocycles. The number of carbonyl (C=O) groups excluding carboxylic acids is 1. The molecular weight excluding hydrogens is 486 g/mol. The molecule has 0 spiro atoms. The van der Waals surface area contributed by atoms with Gasteiger partial charge in [0, 0.05) is 49.1 Å². The van der Waals surface area contributed by atoms with Crippen LogP contribution in [0.2, 0.25) is 0 Å². The lowest BCUT2D eigenvalue weighted by Gasteiger charge is -2.35. The van der Waals surface area contributed by atoms with Crippen LogP contribution in [-0.2, 0) is 24.9 Å². The zero-order valence-corrected chi connectivity index (χ0v) is 23.4. The topological polar surface area (TPSA) is 57.9 Å². The lowest BCUT2D eigenvalue weighted by atomic mass is 9.96. The Kier molecular flexibility index (Phi) is 8.17. The number of benzene rings is 3. The number of ether oxygens (including phenoxy) is 1. The monoisotopic (exact) mass is 525 g/mol. The summed E-state index contributed by atoms with van der Waals surface area (Å²) in [6.45, 7) is 6.45. The summed E-state index contributed by atoms with van der Waals surface area (Å²) in [5.41, 5.74) is 5.92. The lowest BCUT2D eigenvalue weighted by molar-refractivity contribution is -0.0242. The van der Waals surface area contributed by atoms with Crippen LogP contribution in [0.4, 0.5) is 0 Å². The van der Waals surface area contributed by atoms with E-state index in [1.807, 2.05) is 53.8 Å². The van der Waals surface area contributed by atoms with Gasteiger partial charge in [0.2, 0.25) is 0 Å². The number of carbonyl (C=O) groups is 1. The van der Waals surface area contributed by atoms with Gasteiger partial charge in [-0.05, 0) is 36.7 Å². The van der Waals surface area contributed by atoms with Crippen LogP contribution in [0, 0.1) is 5.92 Å². The number of aliphatic hydroxyl groups is 1. The average Bonchev–Trinajstić information content (AvgIpc) is 3.24. The van der Waals surface area contributed by atoms with E-state index in [1.54, 1.807) is 0 Å². The smallest absolute Gasteiger partial charge is 0.271 e. The van der Waals surface area contributed by atoms with Gasteiger partial charge in [-0.2, -0.15) is 0 Å². The summed E-state index contributed by atoms with van der Waals surface area (Å²) in [6, 6.07) is 26.5. The van der Waals surface area contributed by atoms with Gasteiger partial charge in [0.1, 0.15) is 5.69 Å². The van der Waals surface area contributed by atoms with E-state index < -0.39 is 0 Å². The number of nitrogens with zero attached hydrogens (tertiary/aromatic N) is 3. The maximum absolute atomic E-state index is 14.4.